The summed E-state index contributed by atoms with van der Waals surface area (Å²) in [5.74, 6) is 0.645. The molecule has 1 atom stereocenters. The van der Waals surface area contributed by atoms with Crippen molar-refractivity contribution in [3.63, 3.8) is 0 Å². The molecular weight excluding hydrogens is 588 g/mol. The summed E-state index contributed by atoms with van der Waals surface area (Å²) in [5.41, 5.74) is 12.3. The van der Waals surface area contributed by atoms with Crippen LogP contribution in [0, 0.1) is 24.7 Å². The molecule has 9 nitrogen and oxygen atoms in total. The normalized spacial score (nSPS) is 19.8. The number of hydrogen-bond acceptors (Lipinski definition) is 7. The number of rotatable bonds is 11. The van der Waals surface area contributed by atoms with E-state index < -0.39 is 5.92 Å². The van der Waals surface area contributed by atoms with E-state index in [1.54, 1.807) is 0 Å². The third-order valence-electron chi connectivity index (χ3n) is 9.93. The highest BCUT2D eigenvalue weighted by molar-refractivity contribution is 6.01. The summed E-state index contributed by atoms with van der Waals surface area (Å²) in [7, 11) is 0. The van der Waals surface area contributed by atoms with Gasteiger partial charge in [-0.2, -0.15) is 5.11 Å². The molecule has 2 aliphatic heterocycles. The molecule has 9 heteroatoms. The highest BCUT2D eigenvalue weighted by Crippen LogP contribution is 2.32. The topological polar surface area (TPSA) is 130 Å². The van der Waals surface area contributed by atoms with Crippen LogP contribution in [0.1, 0.15) is 72.0 Å². The van der Waals surface area contributed by atoms with Gasteiger partial charge < -0.3 is 16.0 Å². The number of nitrogens with zero attached hydrogens (tertiary/aromatic N) is 4. The lowest BCUT2D eigenvalue weighted by Crippen LogP contribution is -2.31. The molecule has 3 aromatic rings. The third kappa shape index (κ3) is 7.91. The molecule has 0 bridgehead atoms. The van der Waals surface area contributed by atoms with E-state index in [1.165, 1.54) is 0 Å². The lowest BCUT2D eigenvalue weighted by molar-refractivity contribution is -0.129. The zero-order chi connectivity index (χ0) is 32.8. The summed E-state index contributed by atoms with van der Waals surface area (Å²) < 4.78 is 0. The predicted octanol–water partition coefficient (Wildman–Crippen LogP) is 6.59. The lowest BCUT2D eigenvalue weighted by atomic mass is 9.77. The van der Waals surface area contributed by atoms with Gasteiger partial charge in [0.1, 0.15) is 5.78 Å². The van der Waals surface area contributed by atoms with E-state index in [0.717, 1.165) is 85.0 Å². The van der Waals surface area contributed by atoms with Gasteiger partial charge in [0.05, 0.1) is 0 Å². The molecule has 0 spiro atoms. The molecule has 3 N–H and O–H groups in total. The average Bonchev–Trinajstić information content (AvgIpc) is 3.84. The number of carbonyl (C=O) groups excluding carboxylic acids is 3. The van der Waals surface area contributed by atoms with Crippen LogP contribution in [0.2, 0.25) is 0 Å². The molecule has 0 aromatic heterocycles. The van der Waals surface area contributed by atoms with E-state index in [9.17, 15) is 14.4 Å². The summed E-state index contributed by atoms with van der Waals surface area (Å²) in [6.07, 6.45) is 6.41. The molecule has 47 heavy (non-hydrogen) atoms. The van der Waals surface area contributed by atoms with E-state index in [1.807, 2.05) is 66.4 Å². The maximum absolute atomic E-state index is 13.7. The van der Waals surface area contributed by atoms with Crippen LogP contribution in [-0.2, 0) is 16.0 Å². The number of benzene rings is 3. The van der Waals surface area contributed by atoms with E-state index in [4.69, 9.17) is 5.73 Å². The zero-order valence-corrected chi connectivity index (χ0v) is 27.2. The van der Waals surface area contributed by atoms with E-state index in [0.29, 0.717) is 37.1 Å². The van der Waals surface area contributed by atoms with Crippen LogP contribution in [0.4, 0.5) is 5.69 Å². The average molecular weight is 633 g/mol. The Hall–Kier alpha value is -4.50. The number of amides is 2. The molecule has 2 amide bonds. The molecule has 3 aliphatic rings. The summed E-state index contributed by atoms with van der Waals surface area (Å²) in [6.45, 7) is 4.70. The Morgan fingerprint density at radius 2 is 1.62 bits per heavy atom. The summed E-state index contributed by atoms with van der Waals surface area (Å²) >= 11 is 0. The van der Waals surface area contributed by atoms with Gasteiger partial charge in [-0.05, 0) is 123 Å². The fourth-order valence-corrected chi connectivity index (χ4v) is 7.04. The standard InChI is InChI=1S/C38H44N6O3/c1-25-20-31(38(47)44-18-2-3-19-44)14-17-34(25)28-8-4-26(5-9-28)21-32(22-35(45)29-10-6-27(23-39)7-11-29)37(46)42-33-15-12-30(13-16-33)36-40-24-41-43-36/h4-5,8-9,12-17,20,27,29,32H,2-3,6-7,10-11,18-19,21-24,39H2,1H3,(H,42,46)/t27?,29?,32-/m1/s1. The summed E-state index contributed by atoms with van der Waals surface area (Å²) in [5, 5.41) is 11.0. The lowest BCUT2D eigenvalue weighted by Gasteiger charge is -2.27. The number of aliphatic imine (C=N–C) groups is 1. The van der Waals surface area contributed by atoms with Crippen molar-refractivity contribution in [2.75, 3.05) is 31.6 Å². The van der Waals surface area contributed by atoms with Crippen LogP contribution >= 0.6 is 0 Å². The number of anilines is 1. The number of ketones is 1. The monoisotopic (exact) mass is 632 g/mol. The number of nitrogens with two attached hydrogens (primary N) is 1. The summed E-state index contributed by atoms with van der Waals surface area (Å²) in [4.78, 5) is 46.3. The molecule has 0 radical (unpaired) electrons. The second kappa shape index (κ2) is 14.9. The largest absolute Gasteiger partial charge is 0.339 e. The SMILES string of the molecule is Cc1cc(C(=O)N2CCCC2)ccc1-c1ccc(C[C@H](CC(=O)C2CCC(CN)CC2)C(=O)Nc2ccc(C3=NCN=N3)cc2)cc1. The zero-order valence-electron chi connectivity index (χ0n) is 27.2. The van der Waals surface area contributed by atoms with Crippen molar-refractivity contribution in [2.24, 2.45) is 38.7 Å². The highest BCUT2D eigenvalue weighted by Gasteiger charge is 2.30. The van der Waals surface area contributed by atoms with Crippen LogP contribution in [0.5, 0.6) is 0 Å². The van der Waals surface area contributed by atoms with Gasteiger partial charge >= 0.3 is 0 Å². The number of aryl methyl sites for hydroxylation is 1. The van der Waals surface area contributed by atoms with Gasteiger partial charge in [0, 0.05) is 48.2 Å². The Morgan fingerprint density at radius 3 is 2.26 bits per heavy atom. The predicted molar refractivity (Wildman–Crippen MR) is 184 cm³/mol. The Balaban J connectivity index is 1.15. The van der Waals surface area contributed by atoms with Gasteiger partial charge in [-0.3, -0.25) is 14.4 Å². The Kier molecular flexibility index (Phi) is 10.3. The molecule has 244 valence electrons. The minimum atomic E-state index is -0.508. The Morgan fingerprint density at radius 1 is 0.915 bits per heavy atom. The smallest absolute Gasteiger partial charge is 0.253 e. The van der Waals surface area contributed by atoms with Crippen molar-refractivity contribution in [3.05, 3.63) is 89.0 Å². The van der Waals surface area contributed by atoms with E-state index in [2.05, 4.69) is 32.7 Å². The van der Waals surface area contributed by atoms with Crippen LogP contribution in [0.15, 0.2) is 82.0 Å². The van der Waals surface area contributed by atoms with Crippen molar-refractivity contribution in [3.8, 4) is 11.1 Å². The first-order valence-electron chi connectivity index (χ1n) is 16.9. The number of carbonyl (C=O) groups is 3. The fraction of sp³-hybridized carbons (Fsp3) is 0.421. The van der Waals surface area contributed by atoms with Crippen LogP contribution in [0.25, 0.3) is 11.1 Å². The molecule has 2 fully saturated rings. The number of Topliss-reactive ketones (excluding diaryl/α,β-unsaturated/α-hetero) is 1. The molecule has 1 aliphatic carbocycles. The molecule has 0 unspecified atom stereocenters. The van der Waals surface area contributed by atoms with Gasteiger partial charge in [-0.25, -0.2) is 4.99 Å². The van der Waals surface area contributed by atoms with Crippen LogP contribution in [0.3, 0.4) is 0 Å². The minimum Gasteiger partial charge on any atom is -0.339 e. The number of amidine groups is 1. The van der Waals surface area contributed by atoms with Crippen LogP contribution < -0.4 is 11.1 Å². The van der Waals surface area contributed by atoms with Crippen molar-refractivity contribution in [1.82, 2.24) is 4.90 Å². The van der Waals surface area contributed by atoms with Crippen molar-refractivity contribution in [2.45, 2.75) is 58.3 Å². The maximum atomic E-state index is 13.7. The van der Waals surface area contributed by atoms with Crippen LogP contribution in [-0.4, -0.2) is 54.6 Å². The number of likely N-dealkylation sites (tertiary alicyclic amines) is 1. The number of azo groups is 1. The number of hydrogen-bond donors (Lipinski definition) is 2. The van der Waals surface area contributed by atoms with Gasteiger partial charge in [0.25, 0.3) is 5.91 Å². The Labute approximate surface area is 276 Å². The molecular formula is C38H44N6O3. The minimum absolute atomic E-state index is 0.0144. The van der Waals surface area contributed by atoms with Crippen molar-refractivity contribution in [1.29, 1.82) is 0 Å². The molecule has 6 rings (SSSR count). The molecule has 1 saturated carbocycles. The first-order valence-corrected chi connectivity index (χ1v) is 16.9. The molecule has 2 heterocycles. The first kappa shape index (κ1) is 32.4. The van der Waals surface area contributed by atoms with E-state index in [-0.39, 0.29) is 29.9 Å². The van der Waals surface area contributed by atoms with Gasteiger partial charge in [-0.15, -0.1) is 5.11 Å². The van der Waals surface area contributed by atoms with Gasteiger partial charge in [0.15, 0.2) is 12.5 Å². The summed E-state index contributed by atoms with van der Waals surface area (Å²) in [6, 6.07) is 21.5. The quantitative estimate of drug-likeness (QED) is 0.247. The number of nitrogens with one attached hydrogen (secondary N) is 1. The maximum Gasteiger partial charge on any atom is 0.253 e. The second-order valence-corrected chi connectivity index (χ2v) is 13.2. The molecule has 1 saturated heterocycles. The van der Waals surface area contributed by atoms with Crippen molar-refractivity contribution < 1.29 is 14.4 Å². The van der Waals surface area contributed by atoms with E-state index >= 15 is 0 Å². The third-order valence-corrected chi connectivity index (χ3v) is 9.93. The van der Waals surface area contributed by atoms with Gasteiger partial charge in [-0.1, -0.05) is 30.3 Å². The fourth-order valence-electron chi connectivity index (χ4n) is 7.04. The Bertz CT molecular complexity index is 1650. The van der Waals surface area contributed by atoms with Gasteiger partial charge in [0.2, 0.25) is 5.91 Å². The highest BCUT2D eigenvalue weighted by atomic mass is 16.2. The second-order valence-electron chi connectivity index (χ2n) is 13.2. The van der Waals surface area contributed by atoms with Crippen molar-refractivity contribution >= 4 is 29.1 Å². The first-order chi connectivity index (χ1) is 22.9. The molecule has 3 aromatic carbocycles.